The van der Waals surface area contributed by atoms with E-state index in [1.54, 1.807) is 23.1 Å². The number of benzene rings is 2. The zero-order valence-corrected chi connectivity index (χ0v) is 16.7. The van der Waals surface area contributed by atoms with Gasteiger partial charge in [0.15, 0.2) is 6.10 Å². The molecule has 0 saturated heterocycles. The Hall–Kier alpha value is -2.06. The van der Waals surface area contributed by atoms with E-state index in [1.165, 1.54) is 0 Å². The number of anilines is 1. The minimum atomic E-state index is -0.874. The van der Waals surface area contributed by atoms with E-state index in [2.05, 4.69) is 6.07 Å². The summed E-state index contributed by atoms with van der Waals surface area (Å²) in [5.74, 6) is 0.0282. The van der Waals surface area contributed by atoms with Gasteiger partial charge in [0.25, 0.3) is 5.91 Å². The molecule has 0 spiro atoms. The SMILES string of the molecule is CC(C)CN1C(=O)[C@@H](CC#N)O[C@H](c2ccccc2Cl)c2cc(Cl)ccc21. The average molecular weight is 403 g/mol. The van der Waals surface area contributed by atoms with Crippen molar-refractivity contribution in [2.75, 3.05) is 11.4 Å². The van der Waals surface area contributed by atoms with E-state index in [9.17, 15) is 10.1 Å². The third-order valence-corrected chi connectivity index (χ3v) is 5.00. The fourth-order valence-corrected chi connectivity index (χ4v) is 3.69. The minimum Gasteiger partial charge on any atom is -0.354 e. The summed E-state index contributed by atoms with van der Waals surface area (Å²) < 4.78 is 6.17. The van der Waals surface area contributed by atoms with Crippen molar-refractivity contribution in [3.8, 4) is 6.07 Å². The van der Waals surface area contributed by atoms with Gasteiger partial charge in [-0.05, 0) is 30.2 Å². The van der Waals surface area contributed by atoms with Crippen molar-refractivity contribution in [1.29, 1.82) is 5.26 Å². The molecule has 2 atom stereocenters. The van der Waals surface area contributed by atoms with E-state index in [4.69, 9.17) is 27.9 Å². The summed E-state index contributed by atoms with van der Waals surface area (Å²) >= 11 is 12.7. The fourth-order valence-electron chi connectivity index (χ4n) is 3.27. The van der Waals surface area contributed by atoms with Crippen LogP contribution in [0.15, 0.2) is 42.5 Å². The molecule has 0 aliphatic carbocycles. The van der Waals surface area contributed by atoms with E-state index in [0.717, 1.165) is 16.8 Å². The molecule has 2 aromatic rings. The Morgan fingerprint density at radius 3 is 2.59 bits per heavy atom. The number of rotatable bonds is 4. The normalized spacial score (nSPS) is 19.6. The van der Waals surface area contributed by atoms with Gasteiger partial charge in [0.2, 0.25) is 0 Å². The lowest BCUT2D eigenvalue weighted by Crippen LogP contribution is -2.41. The first-order valence-corrected chi connectivity index (χ1v) is 9.55. The lowest BCUT2D eigenvalue weighted by molar-refractivity contribution is -0.131. The van der Waals surface area contributed by atoms with E-state index in [-0.39, 0.29) is 18.2 Å². The molecule has 6 heteroatoms. The van der Waals surface area contributed by atoms with Crippen LogP contribution in [-0.2, 0) is 9.53 Å². The summed E-state index contributed by atoms with van der Waals surface area (Å²) in [6.45, 7) is 4.60. The third-order valence-electron chi connectivity index (χ3n) is 4.42. The molecule has 0 saturated carbocycles. The van der Waals surface area contributed by atoms with E-state index in [1.807, 2.05) is 38.1 Å². The van der Waals surface area contributed by atoms with E-state index in [0.29, 0.717) is 16.6 Å². The van der Waals surface area contributed by atoms with Gasteiger partial charge in [0.1, 0.15) is 6.10 Å². The maximum Gasteiger partial charge on any atom is 0.257 e. The Labute approximate surface area is 169 Å². The molecule has 0 bridgehead atoms. The highest BCUT2D eigenvalue weighted by Gasteiger charge is 2.37. The molecule has 140 valence electrons. The summed E-state index contributed by atoms with van der Waals surface area (Å²) in [4.78, 5) is 14.9. The second kappa shape index (κ2) is 8.31. The lowest BCUT2D eigenvalue weighted by Gasteiger charge is -2.26. The summed E-state index contributed by atoms with van der Waals surface area (Å²) in [6.07, 6.45) is -1.50. The molecule has 0 fully saturated rings. The summed E-state index contributed by atoms with van der Waals surface area (Å²) in [6, 6.07) is 14.8. The highest BCUT2D eigenvalue weighted by Crippen LogP contribution is 2.41. The third kappa shape index (κ3) is 4.11. The Morgan fingerprint density at radius 2 is 1.93 bits per heavy atom. The van der Waals surface area contributed by atoms with Gasteiger partial charge in [-0.25, -0.2) is 0 Å². The maximum atomic E-state index is 13.2. The van der Waals surface area contributed by atoms with Gasteiger partial charge in [0.05, 0.1) is 12.5 Å². The number of amides is 1. The Kier molecular flexibility index (Phi) is 6.06. The molecule has 1 amide bonds. The van der Waals surface area contributed by atoms with E-state index < -0.39 is 12.2 Å². The van der Waals surface area contributed by atoms with Crippen LogP contribution in [0.25, 0.3) is 0 Å². The summed E-state index contributed by atoms with van der Waals surface area (Å²) in [5.41, 5.74) is 2.25. The molecular weight excluding hydrogens is 383 g/mol. The standard InChI is InChI=1S/C21H20Cl2N2O2/c1-13(2)12-25-18-8-7-14(22)11-16(18)20(15-5-3-4-6-17(15)23)27-19(9-10-24)21(25)26/h3-8,11,13,19-20H,9,12H2,1-2H3/t19-,20-/m1/s1. The van der Waals surface area contributed by atoms with Crippen molar-refractivity contribution in [2.45, 2.75) is 32.5 Å². The predicted octanol–water partition coefficient (Wildman–Crippen LogP) is 5.38. The number of hydrogen-bond donors (Lipinski definition) is 0. The summed E-state index contributed by atoms with van der Waals surface area (Å²) in [5, 5.41) is 10.3. The molecule has 0 N–H and O–H groups in total. The number of halogens is 2. The van der Waals surface area contributed by atoms with Gasteiger partial charge in [-0.3, -0.25) is 4.79 Å². The molecule has 4 nitrogen and oxygen atoms in total. The van der Waals surface area contributed by atoms with Gasteiger partial charge in [-0.15, -0.1) is 0 Å². The lowest BCUT2D eigenvalue weighted by atomic mass is 9.99. The Morgan fingerprint density at radius 1 is 1.19 bits per heavy atom. The predicted molar refractivity (Wildman–Crippen MR) is 107 cm³/mol. The zero-order valence-electron chi connectivity index (χ0n) is 15.2. The number of fused-ring (bicyclic) bond motifs is 1. The first kappa shape index (κ1) is 19.7. The molecule has 0 radical (unpaired) electrons. The molecule has 1 aliphatic rings. The molecule has 0 aromatic heterocycles. The van der Waals surface area contributed by atoms with Crippen LogP contribution < -0.4 is 4.90 Å². The topological polar surface area (TPSA) is 53.3 Å². The number of carbonyl (C=O) groups excluding carboxylic acids is 1. The van der Waals surface area contributed by atoms with Gasteiger partial charge in [0, 0.05) is 33.4 Å². The van der Waals surface area contributed by atoms with Crippen molar-refractivity contribution < 1.29 is 9.53 Å². The summed E-state index contributed by atoms with van der Waals surface area (Å²) in [7, 11) is 0. The van der Waals surface area contributed by atoms with Crippen LogP contribution in [0.3, 0.4) is 0 Å². The van der Waals surface area contributed by atoms with Crippen LogP contribution in [0.5, 0.6) is 0 Å². The Bertz CT molecular complexity index is 892. The molecule has 3 rings (SSSR count). The van der Waals surface area contributed by atoms with Gasteiger partial charge in [-0.1, -0.05) is 55.2 Å². The van der Waals surface area contributed by atoms with Crippen molar-refractivity contribution in [3.63, 3.8) is 0 Å². The van der Waals surface area contributed by atoms with Crippen molar-refractivity contribution >= 4 is 34.8 Å². The molecule has 1 heterocycles. The second-order valence-electron chi connectivity index (χ2n) is 6.93. The molecule has 1 aliphatic heterocycles. The number of nitriles is 1. The van der Waals surface area contributed by atoms with Crippen LogP contribution in [0.1, 0.15) is 37.5 Å². The number of hydrogen-bond acceptors (Lipinski definition) is 3. The van der Waals surface area contributed by atoms with Crippen LogP contribution in [0, 0.1) is 17.2 Å². The molecule has 0 unspecified atom stereocenters. The quantitative estimate of drug-likeness (QED) is 0.688. The van der Waals surface area contributed by atoms with E-state index >= 15 is 0 Å². The van der Waals surface area contributed by atoms with Crippen LogP contribution in [0.2, 0.25) is 10.0 Å². The number of ether oxygens (including phenoxy) is 1. The minimum absolute atomic E-state index is 0.0316. The highest BCUT2D eigenvalue weighted by molar-refractivity contribution is 6.31. The van der Waals surface area contributed by atoms with Crippen LogP contribution >= 0.6 is 23.2 Å². The first-order valence-electron chi connectivity index (χ1n) is 8.80. The van der Waals surface area contributed by atoms with Crippen LogP contribution in [0.4, 0.5) is 5.69 Å². The first-order chi connectivity index (χ1) is 12.9. The highest BCUT2D eigenvalue weighted by atomic mass is 35.5. The molecule has 2 aromatic carbocycles. The zero-order chi connectivity index (χ0) is 19.6. The van der Waals surface area contributed by atoms with Crippen molar-refractivity contribution in [2.24, 2.45) is 5.92 Å². The van der Waals surface area contributed by atoms with Gasteiger partial charge < -0.3 is 9.64 Å². The van der Waals surface area contributed by atoms with Gasteiger partial charge >= 0.3 is 0 Å². The largest absolute Gasteiger partial charge is 0.354 e. The fraction of sp³-hybridized carbons (Fsp3) is 0.333. The Balaban J connectivity index is 2.21. The van der Waals surface area contributed by atoms with Crippen LogP contribution in [-0.4, -0.2) is 18.6 Å². The second-order valence-corrected chi connectivity index (χ2v) is 7.78. The molecular formula is C21H20Cl2N2O2. The van der Waals surface area contributed by atoms with Crippen molar-refractivity contribution in [1.82, 2.24) is 0 Å². The van der Waals surface area contributed by atoms with Gasteiger partial charge in [-0.2, -0.15) is 5.26 Å². The number of carbonyl (C=O) groups is 1. The average Bonchev–Trinajstić information content (AvgIpc) is 2.73. The number of nitrogens with zero attached hydrogens (tertiary/aromatic N) is 2. The van der Waals surface area contributed by atoms with Crippen molar-refractivity contribution in [3.05, 3.63) is 63.6 Å². The maximum absolute atomic E-state index is 13.2. The monoisotopic (exact) mass is 402 g/mol. The molecule has 27 heavy (non-hydrogen) atoms. The smallest absolute Gasteiger partial charge is 0.257 e.